The molecule has 1 fully saturated rings. The maximum atomic E-state index is 12.0. The number of esters is 1. The zero-order chi connectivity index (χ0) is 20.6. The molecular weight excluding hydrogens is 374 g/mol. The Morgan fingerprint density at radius 1 is 1.10 bits per heavy atom. The van der Waals surface area contributed by atoms with Gasteiger partial charge in [-0.25, -0.2) is 4.79 Å². The zero-order valence-electron chi connectivity index (χ0n) is 16.3. The number of hydrogen-bond donors (Lipinski definition) is 2. The maximum absolute atomic E-state index is 12.0. The molecule has 1 unspecified atom stereocenters. The Kier molecular flexibility index (Phi) is 6.89. The van der Waals surface area contributed by atoms with Crippen molar-refractivity contribution in [2.75, 3.05) is 29.9 Å². The van der Waals surface area contributed by atoms with Crippen LogP contribution in [-0.4, -0.2) is 43.5 Å². The van der Waals surface area contributed by atoms with Crippen LogP contribution in [0.3, 0.4) is 0 Å². The lowest BCUT2D eigenvalue weighted by Gasteiger charge is -2.28. The van der Waals surface area contributed by atoms with Gasteiger partial charge in [0.25, 0.3) is 11.8 Å². The lowest BCUT2D eigenvalue weighted by molar-refractivity contribution is -0.148. The third-order valence-electron chi connectivity index (χ3n) is 4.66. The van der Waals surface area contributed by atoms with E-state index in [0.717, 1.165) is 18.8 Å². The highest BCUT2D eigenvalue weighted by atomic mass is 16.5. The van der Waals surface area contributed by atoms with E-state index in [2.05, 4.69) is 15.5 Å². The smallest absolute Gasteiger partial charge is 0.328 e. The number of carbonyl (C=O) groups is 3. The fourth-order valence-electron chi connectivity index (χ4n) is 3.10. The van der Waals surface area contributed by atoms with Crippen molar-refractivity contribution in [3.63, 3.8) is 0 Å². The summed E-state index contributed by atoms with van der Waals surface area (Å²) in [7, 11) is 0. The third-order valence-corrected chi connectivity index (χ3v) is 4.66. The predicted molar refractivity (Wildman–Crippen MR) is 108 cm³/mol. The summed E-state index contributed by atoms with van der Waals surface area (Å²) in [6.45, 7) is 3.14. The topological polar surface area (TPSA) is 101 Å². The minimum absolute atomic E-state index is 0.0930. The van der Waals surface area contributed by atoms with Gasteiger partial charge in [0.15, 0.2) is 12.4 Å². The molecule has 154 valence electrons. The first-order valence-corrected chi connectivity index (χ1v) is 9.69. The second kappa shape index (κ2) is 9.77. The summed E-state index contributed by atoms with van der Waals surface area (Å²) in [5.41, 5.74) is 1.77. The first-order valence-electron chi connectivity index (χ1n) is 9.69. The molecule has 2 amide bonds. The monoisotopic (exact) mass is 399 g/mol. The number of hydrogen-bond acceptors (Lipinski definition) is 6. The highest BCUT2D eigenvalue weighted by molar-refractivity contribution is 5.95. The normalized spacial score (nSPS) is 14.7. The third kappa shape index (κ3) is 5.84. The molecule has 2 N–H and O–H groups in total. The molecule has 0 spiro atoms. The molecule has 2 aromatic rings. The molecule has 1 aliphatic rings. The Bertz CT molecular complexity index is 827. The number of furan rings is 1. The number of nitrogens with zero attached hydrogens (tertiary/aromatic N) is 1. The zero-order valence-corrected chi connectivity index (χ0v) is 16.3. The Morgan fingerprint density at radius 3 is 2.48 bits per heavy atom. The van der Waals surface area contributed by atoms with E-state index < -0.39 is 30.4 Å². The van der Waals surface area contributed by atoms with E-state index in [4.69, 9.17) is 9.15 Å². The molecule has 3 rings (SSSR count). The maximum Gasteiger partial charge on any atom is 0.328 e. The molecule has 0 aliphatic carbocycles. The fraction of sp³-hybridized carbons (Fsp3) is 0.381. The van der Waals surface area contributed by atoms with Gasteiger partial charge in [0.05, 0.1) is 6.26 Å². The largest absolute Gasteiger partial charge is 0.459 e. The van der Waals surface area contributed by atoms with Gasteiger partial charge >= 0.3 is 5.97 Å². The van der Waals surface area contributed by atoms with E-state index in [1.807, 2.05) is 24.3 Å². The highest BCUT2D eigenvalue weighted by Gasteiger charge is 2.20. The molecule has 8 nitrogen and oxygen atoms in total. The van der Waals surface area contributed by atoms with Crippen LogP contribution in [0.15, 0.2) is 47.1 Å². The molecule has 8 heteroatoms. The van der Waals surface area contributed by atoms with Crippen molar-refractivity contribution in [1.82, 2.24) is 5.32 Å². The Labute approximate surface area is 169 Å². The molecule has 0 bridgehead atoms. The summed E-state index contributed by atoms with van der Waals surface area (Å²) in [6, 6.07) is 9.74. The summed E-state index contributed by atoms with van der Waals surface area (Å²) in [5, 5.41) is 5.14. The van der Waals surface area contributed by atoms with Crippen LogP contribution in [-0.2, 0) is 14.3 Å². The molecule has 1 atom stereocenters. The lowest BCUT2D eigenvalue weighted by atomic mass is 10.1. The molecular formula is C21H25N3O5. The van der Waals surface area contributed by atoms with Crippen molar-refractivity contribution in [3.8, 4) is 0 Å². The van der Waals surface area contributed by atoms with Crippen LogP contribution in [0, 0.1) is 0 Å². The summed E-state index contributed by atoms with van der Waals surface area (Å²) in [4.78, 5) is 38.2. The number of piperidine rings is 1. The van der Waals surface area contributed by atoms with Crippen LogP contribution >= 0.6 is 0 Å². The number of rotatable bonds is 7. The van der Waals surface area contributed by atoms with Crippen molar-refractivity contribution in [3.05, 3.63) is 48.4 Å². The number of anilines is 2. The molecule has 0 radical (unpaired) electrons. The van der Waals surface area contributed by atoms with Crippen LogP contribution in [0.4, 0.5) is 11.4 Å². The first-order chi connectivity index (χ1) is 14.0. The Morgan fingerprint density at radius 2 is 1.83 bits per heavy atom. The van der Waals surface area contributed by atoms with Gasteiger partial charge in [-0.15, -0.1) is 0 Å². The lowest BCUT2D eigenvalue weighted by Crippen LogP contribution is -2.40. The van der Waals surface area contributed by atoms with Crippen LogP contribution in [0.25, 0.3) is 0 Å². The second-order valence-electron chi connectivity index (χ2n) is 6.92. The van der Waals surface area contributed by atoms with Crippen LogP contribution in [0.1, 0.15) is 36.7 Å². The van der Waals surface area contributed by atoms with E-state index in [1.54, 1.807) is 6.07 Å². The van der Waals surface area contributed by atoms with Gasteiger partial charge in [-0.3, -0.25) is 9.59 Å². The molecule has 0 saturated carbocycles. The minimum atomic E-state index is -0.913. The SMILES string of the molecule is CC(NC(=O)c1ccco1)C(=O)OCC(=O)Nc1ccc(N2CCCCC2)cc1. The van der Waals surface area contributed by atoms with Crippen LogP contribution < -0.4 is 15.5 Å². The summed E-state index contributed by atoms with van der Waals surface area (Å²) >= 11 is 0. The van der Waals surface area contributed by atoms with Crippen molar-refractivity contribution < 1.29 is 23.5 Å². The number of nitrogens with one attached hydrogen (secondary N) is 2. The standard InChI is InChI=1S/C21H25N3O5/c1-15(22-20(26)18-6-5-13-28-18)21(27)29-14-19(25)23-16-7-9-17(10-8-16)24-11-3-2-4-12-24/h5-10,13,15H,2-4,11-12,14H2,1H3,(H,22,26)(H,23,25). The van der Waals surface area contributed by atoms with Crippen molar-refractivity contribution in [1.29, 1.82) is 0 Å². The number of amides is 2. The van der Waals surface area contributed by atoms with Gasteiger partial charge in [-0.1, -0.05) is 0 Å². The Balaban J connectivity index is 1.41. The van der Waals surface area contributed by atoms with Crippen LogP contribution in [0.2, 0.25) is 0 Å². The van der Waals surface area contributed by atoms with Gasteiger partial charge < -0.3 is 24.7 Å². The number of benzene rings is 1. The number of carbonyl (C=O) groups excluding carboxylic acids is 3. The van der Waals surface area contributed by atoms with Gasteiger partial charge in [-0.05, 0) is 62.6 Å². The Hall–Kier alpha value is -3.29. The van der Waals surface area contributed by atoms with Crippen molar-refractivity contribution in [2.45, 2.75) is 32.2 Å². The molecule has 1 aliphatic heterocycles. The second-order valence-corrected chi connectivity index (χ2v) is 6.92. The van der Waals surface area contributed by atoms with Gasteiger partial charge in [-0.2, -0.15) is 0 Å². The van der Waals surface area contributed by atoms with E-state index in [1.165, 1.54) is 38.5 Å². The van der Waals surface area contributed by atoms with Crippen LogP contribution in [0.5, 0.6) is 0 Å². The fourth-order valence-corrected chi connectivity index (χ4v) is 3.10. The summed E-state index contributed by atoms with van der Waals surface area (Å²) in [5.74, 6) is -1.60. The van der Waals surface area contributed by atoms with E-state index in [9.17, 15) is 14.4 Å². The van der Waals surface area contributed by atoms with E-state index in [-0.39, 0.29) is 5.76 Å². The predicted octanol–water partition coefficient (Wildman–Crippen LogP) is 2.57. The molecule has 29 heavy (non-hydrogen) atoms. The number of ether oxygens (including phenoxy) is 1. The molecule has 1 aromatic carbocycles. The minimum Gasteiger partial charge on any atom is -0.459 e. The summed E-state index contributed by atoms with van der Waals surface area (Å²) in [6.07, 6.45) is 5.03. The van der Waals surface area contributed by atoms with Gasteiger partial charge in [0.1, 0.15) is 6.04 Å². The van der Waals surface area contributed by atoms with Crippen molar-refractivity contribution in [2.24, 2.45) is 0 Å². The molecule has 1 saturated heterocycles. The quantitative estimate of drug-likeness (QED) is 0.694. The highest BCUT2D eigenvalue weighted by Crippen LogP contribution is 2.21. The van der Waals surface area contributed by atoms with Gasteiger partial charge in [0.2, 0.25) is 0 Å². The van der Waals surface area contributed by atoms with Crippen molar-refractivity contribution >= 4 is 29.2 Å². The average Bonchev–Trinajstić information content (AvgIpc) is 3.28. The average molecular weight is 399 g/mol. The van der Waals surface area contributed by atoms with E-state index in [0.29, 0.717) is 5.69 Å². The molecule has 2 heterocycles. The van der Waals surface area contributed by atoms with E-state index >= 15 is 0 Å². The molecule has 1 aromatic heterocycles. The summed E-state index contributed by atoms with van der Waals surface area (Å²) < 4.78 is 9.93. The van der Waals surface area contributed by atoms with Gasteiger partial charge in [0, 0.05) is 24.5 Å². The first kappa shape index (κ1) is 20.4.